The number of nitrogens with zero attached hydrogens (tertiary/aromatic N) is 4. The summed E-state index contributed by atoms with van der Waals surface area (Å²) in [5, 5.41) is 11.0. The molecule has 0 fully saturated rings. The SMILES string of the molecule is O[C@@H]1c2cncnc2CC[C@H]1C1c2ccccc2-c2cncn21. The fourth-order valence-corrected chi connectivity index (χ4v) is 4.15. The predicted octanol–water partition coefficient (Wildman–Crippen LogP) is 2.54. The molecule has 3 atom stereocenters. The quantitative estimate of drug-likeness (QED) is 0.750. The van der Waals surface area contributed by atoms with E-state index in [4.69, 9.17) is 0 Å². The summed E-state index contributed by atoms with van der Waals surface area (Å²) in [7, 11) is 0. The minimum atomic E-state index is -0.550. The van der Waals surface area contributed by atoms with Crippen molar-refractivity contribution in [3.8, 4) is 11.3 Å². The Balaban J connectivity index is 1.64. The molecule has 0 saturated heterocycles. The van der Waals surface area contributed by atoms with Crippen LogP contribution in [0.3, 0.4) is 0 Å². The molecule has 3 heterocycles. The highest BCUT2D eigenvalue weighted by Gasteiger charge is 2.40. The lowest BCUT2D eigenvalue weighted by atomic mass is 9.78. The average molecular weight is 304 g/mol. The molecular weight excluding hydrogens is 288 g/mol. The molecule has 2 aliphatic rings. The average Bonchev–Trinajstić information content (AvgIpc) is 3.17. The molecule has 1 aliphatic heterocycles. The van der Waals surface area contributed by atoms with E-state index in [2.05, 4.69) is 43.8 Å². The number of benzene rings is 1. The fraction of sp³-hybridized carbons (Fsp3) is 0.278. The van der Waals surface area contributed by atoms with Crippen molar-refractivity contribution in [3.05, 3.63) is 66.1 Å². The predicted molar refractivity (Wildman–Crippen MR) is 84.6 cm³/mol. The number of aromatic nitrogens is 4. The van der Waals surface area contributed by atoms with Gasteiger partial charge < -0.3 is 9.67 Å². The Morgan fingerprint density at radius 2 is 2.00 bits per heavy atom. The van der Waals surface area contributed by atoms with E-state index in [9.17, 15) is 5.11 Å². The van der Waals surface area contributed by atoms with Gasteiger partial charge in [-0.05, 0) is 18.4 Å². The van der Waals surface area contributed by atoms with Gasteiger partial charge >= 0.3 is 0 Å². The van der Waals surface area contributed by atoms with Gasteiger partial charge in [-0.1, -0.05) is 24.3 Å². The zero-order chi connectivity index (χ0) is 15.4. The van der Waals surface area contributed by atoms with Gasteiger partial charge in [0.25, 0.3) is 0 Å². The normalized spacial score (nSPS) is 24.8. The molecule has 1 aromatic carbocycles. The maximum Gasteiger partial charge on any atom is 0.115 e. The molecule has 114 valence electrons. The van der Waals surface area contributed by atoms with Crippen molar-refractivity contribution in [1.29, 1.82) is 0 Å². The van der Waals surface area contributed by atoms with Gasteiger partial charge in [-0.2, -0.15) is 0 Å². The van der Waals surface area contributed by atoms with E-state index in [0.717, 1.165) is 29.8 Å². The Bertz CT molecular complexity index is 888. The number of aliphatic hydroxyl groups is 1. The number of hydrogen-bond acceptors (Lipinski definition) is 4. The molecule has 2 aromatic heterocycles. The van der Waals surface area contributed by atoms with Crippen molar-refractivity contribution >= 4 is 0 Å². The maximum absolute atomic E-state index is 11.0. The minimum absolute atomic E-state index is 0.102. The van der Waals surface area contributed by atoms with Crippen LogP contribution in [-0.2, 0) is 6.42 Å². The Morgan fingerprint density at radius 1 is 1.09 bits per heavy atom. The number of aryl methyl sites for hydroxylation is 1. The van der Waals surface area contributed by atoms with Crippen molar-refractivity contribution < 1.29 is 5.11 Å². The van der Waals surface area contributed by atoms with Crippen molar-refractivity contribution in [2.45, 2.75) is 25.0 Å². The lowest BCUT2D eigenvalue weighted by Crippen LogP contribution is -2.29. The molecular formula is C18H16N4O. The molecule has 23 heavy (non-hydrogen) atoms. The fourth-order valence-electron chi connectivity index (χ4n) is 4.15. The Morgan fingerprint density at radius 3 is 2.96 bits per heavy atom. The van der Waals surface area contributed by atoms with Crippen LogP contribution in [0.2, 0.25) is 0 Å². The van der Waals surface area contributed by atoms with Crippen LogP contribution in [0.15, 0.2) is 49.3 Å². The van der Waals surface area contributed by atoms with Gasteiger partial charge in [0, 0.05) is 28.9 Å². The summed E-state index contributed by atoms with van der Waals surface area (Å²) in [6, 6.07) is 8.54. The second-order valence-electron chi connectivity index (χ2n) is 6.29. The number of hydrogen-bond donors (Lipinski definition) is 1. The summed E-state index contributed by atoms with van der Waals surface area (Å²) in [5.74, 6) is 0.102. The third kappa shape index (κ3) is 1.74. The molecule has 1 N–H and O–H groups in total. The molecule has 5 rings (SSSR count). The van der Waals surface area contributed by atoms with Gasteiger partial charge in [-0.15, -0.1) is 0 Å². The Labute approximate surface area is 133 Å². The van der Waals surface area contributed by atoms with E-state index in [1.54, 1.807) is 12.5 Å². The van der Waals surface area contributed by atoms with Crippen molar-refractivity contribution in [1.82, 2.24) is 19.5 Å². The second kappa shape index (κ2) is 4.73. The summed E-state index contributed by atoms with van der Waals surface area (Å²) in [6.07, 6.45) is 8.34. The lowest BCUT2D eigenvalue weighted by molar-refractivity contribution is 0.0706. The summed E-state index contributed by atoms with van der Waals surface area (Å²) >= 11 is 0. The summed E-state index contributed by atoms with van der Waals surface area (Å²) in [6.45, 7) is 0. The summed E-state index contributed by atoms with van der Waals surface area (Å²) in [4.78, 5) is 12.7. The third-order valence-corrected chi connectivity index (χ3v) is 5.19. The van der Waals surface area contributed by atoms with Gasteiger partial charge in [0.2, 0.25) is 0 Å². The molecule has 0 spiro atoms. The Hall–Kier alpha value is -2.53. The first-order chi connectivity index (χ1) is 11.3. The van der Waals surface area contributed by atoms with Gasteiger partial charge in [-0.3, -0.25) is 0 Å². The van der Waals surface area contributed by atoms with Crippen molar-refractivity contribution in [2.24, 2.45) is 5.92 Å². The molecule has 1 unspecified atom stereocenters. The maximum atomic E-state index is 11.0. The molecule has 0 amide bonds. The monoisotopic (exact) mass is 304 g/mol. The Kier molecular flexibility index (Phi) is 2.67. The van der Waals surface area contributed by atoms with E-state index in [1.165, 1.54) is 11.1 Å². The smallest absolute Gasteiger partial charge is 0.115 e. The van der Waals surface area contributed by atoms with Crippen LogP contribution in [0.4, 0.5) is 0 Å². The van der Waals surface area contributed by atoms with E-state index in [-0.39, 0.29) is 12.0 Å². The van der Waals surface area contributed by atoms with Gasteiger partial charge in [0.15, 0.2) is 0 Å². The molecule has 0 bridgehead atoms. The van der Waals surface area contributed by atoms with Crippen molar-refractivity contribution in [2.75, 3.05) is 0 Å². The molecule has 0 radical (unpaired) electrons. The van der Waals surface area contributed by atoms with Gasteiger partial charge in [0.05, 0.1) is 30.4 Å². The van der Waals surface area contributed by atoms with E-state index >= 15 is 0 Å². The number of aliphatic hydroxyl groups excluding tert-OH is 1. The van der Waals surface area contributed by atoms with Gasteiger partial charge in [-0.25, -0.2) is 15.0 Å². The summed E-state index contributed by atoms with van der Waals surface area (Å²) < 4.78 is 2.20. The van der Waals surface area contributed by atoms with E-state index in [0.29, 0.717) is 0 Å². The number of imidazole rings is 1. The van der Waals surface area contributed by atoms with Crippen LogP contribution >= 0.6 is 0 Å². The molecule has 5 nitrogen and oxygen atoms in total. The molecule has 5 heteroatoms. The van der Waals surface area contributed by atoms with Crippen LogP contribution in [0.5, 0.6) is 0 Å². The first-order valence-electron chi connectivity index (χ1n) is 7.92. The van der Waals surface area contributed by atoms with Crippen LogP contribution in [0.25, 0.3) is 11.3 Å². The van der Waals surface area contributed by atoms with Crippen LogP contribution in [-0.4, -0.2) is 24.6 Å². The minimum Gasteiger partial charge on any atom is -0.388 e. The second-order valence-corrected chi connectivity index (χ2v) is 6.29. The topological polar surface area (TPSA) is 63.8 Å². The summed E-state index contributed by atoms with van der Waals surface area (Å²) in [5.41, 5.74) is 5.47. The standard InChI is InChI=1S/C18H16N4O/c23-18-13(5-6-15-14(18)7-19-9-21-15)17-12-4-2-1-3-11(12)16-8-20-10-22(16)17/h1-4,7-10,13,17-18,23H,5-6H2/t13-,17?,18-/m0/s1. The van der Waals surface area contributed by atoms with Crippen LogP contribution in [0.1, 0.15) is 35.4 Å². The highest BCUT2D eigenvalue weighted by molar-refractivity contribution is 5.69. The number of rotatable bonds is 1. The van der Waals surface area contributed by atoms with E-state index in [1.807, 2.05) is 12.5 Å². The zero-order valence-corrected chi connectivity index (χ0v) is 12.5. The largest absolute Gasteiger partial charge is 0.388 e. The third-order valence-electron chi connectivity index (χ3n) is 5.19. The first-order valence-corrected chi connectivity index (χ1v) is 7.92. The highest BCUT2D eigenvalue weighted by atomic mass is 16.3. The van der Waals surface area contributed by atoms with E-state index < -0.39 is 6.10 Å². The molecule has 1 aliphatic carbocycles. The van der Waals surface area contributed by atoms with Crippen LogP contribution in [0, 0.1) is 5.92 Å². The zero-order valence-electron chi connectivity index (χ0n) is 12.5. The van der Waals surface area contributed by atoms with Crippen LogP contribution < -0.4 is 0 Å². The molecule has 0 saturated carbocycles. The highest BCUT2D eigenvalue weighted by Crippen LogP contribution is 2.49. The molecule has 3 aromatic rings. The lowest BCUT2D eigenvalue weighted by Gasteiger charge is -2.34. The number of fused-ring (bicyclic) bond motifs is 4. The van der Waals surface area contributed by atoms with Crippen molar-refractivity contribution in [3.63, 3.8) is 0 Å². The first kappa shape index (κ1) is 13.0. The van der Waals surface area contributed by atoms with Gasteiger partial charge in [0.1, 0.15) is 6.33 Å².